The van der Waals surface area contributed by atoms with Crippen molar-refractivity contribution in [2.24, 2.45) is 5.92 Å². The Morgan fingerprint density at radius 3 is 2.54 bits per heavy atom. The summed E-state index contributed by atoms with van der Waals surface area (Å²) in [6, 6.07) is 8.44. The highest BCUT2D eigenvalue weighted by Crippen LogP contribution is 2.39. The first-order chi connectivity index (χ1) is 13.6. The van der Waals surface area contributed by atoms with Crippen LogP contribution in [-0.2, 0) is 0 Å². The number of para-hydroxylation sites is 1. The monoisotopic (exact) mass is 384 g/mol. The van der Waals surface area contributed by atoms with Gasteiger partial charge in [-0.3, -0.25) is 4.79 Å². The first-order valence-corrected chi connectivity index (χ1v) is 11.4. The van der Waals surface area contributed by atoms with Gasteiger partial charge in [0.25, 0.3) is 5.91 Å². The molecule has 0 saturated heterocycles. The van der Waals surface area contributed by atoms with E-state index in [4.69, 9.17) is 4.74 Å². The maximum absolute atomic E-state index is 12.9. The molecule has 1 aromatic carbocycles. The summed E-state index contributed by atoms with van der Waals surface area (Å²) in [4.78, 5) is 17.5. The van der Waals surface area contributed by atoms with Crippen LogP contribution in [0.2, 0.25) is 0 Å². The van der Waals surface area contributed by atoms with Crippen molar-refractivity contribution in [3.05, 3.63) is 29.8 Å². The number of fused-ring (bicyclic) bond motifs is 1. The molecule has 2 aliphatic carbocycles. The number of hydrogen-bond donors (Lipinski definition) is 0. The van der Waals surface area contributed by atoms with Gasteiger partial charge in [0.2, 0.25) is 0 Å². The average molecular weight is 385 g/mol. The summed E-state index contributed by atoms with van der Waals surface area (Å²) in [6.07, 6.45) is 11.5. The van der Waals surface area contributed by atoms with Crippen molar-refractivity contribution in [2.75, 3.05) is 26.7 Å². The van der Waals surface area contributed by atoms with Gasteiger partial charge in [0, 0.05) is 19.1 Å². The minimum atomic E-state index is -0.222. The molecule has 2 saturated carbocycles. The number of carbonyl (C=O) groups excluding carboxylic acids is 1. The van der Waals surface area contributed by atoms with Crippen LogP contribution in [0.5, 0.6) is 5.75 Å². The fourth-order valence-corrected chi connectivity index (χ4v) is 5.60. The van der Waals surface area contributed by atoms with Crippen LogP contribution in [0.4, 0.5) is 0 Å². The molecule has 0 radical (unpaired) electrons. The van der Waals surface area contributed by atoms with Gasteiger partial charge in [-0.05, 0) is 70.5 Å². The van der Waals surface area contributed by atoms with Crippen molar-refractivity contribution in [3.63, 3.8) is 0 Å². The quantitative estimate of drug-likeness (QED) is 0.752. The van der Waals surface area contributed by atoms with Crippen LogP contribution in [0, 0.1) is 5.92 Å². The minimum absolute atomic E-state index is 0.117. The summed E-state index contributed by atoms with van der Waals surface area (Å²) in [5.74, 6) is 1.79. The van der Waals surface area contributed by atoms with Crippen LogP contribution in [0.3, 0.4) is 0 Å². The van der Waals surface area contributed by atoms with E-state index in [0.717, 1.165) is 56.0 Å². The van der Waals surface area contributed by atoms with Gasteiger partial charge in [-0.25, -0.2) is 0 Å². The average Bonchev–Trinajstić information content (AvgIpc) is 2.84. The maximum Gasteiger partial charge on any atom is 0.257 e. The van der Waals surface area contributed by atoms with Gasteiger partial charge in [-0.2, -0.15) is 0 Å². The van der Waals surface area contributed by atoms with Crippen molar-refractivity contribution in [2.45, 2.75) is 76.4 Å². The van der Waals surface area contributed by atoms with Crippen LogP contribution in [-0.4, -0.2) is 54.0 Å². The molecule has 0 unspecified atom stereocenters. The molecule has 1 amide bonds. The Bertz CT molecular complexity index is 675. The molecular weight excluding hydrogens is 348 g/mol. The second kappa shape index (κ2) is 8.44. The van der Waals surface area contributed by atoms with Gasteiger partial charge in [0.1, 0.15) is 11.4 Å². The van der Waals surface area contributed by atoms with Gasteiger partial charge in [0.05, 0.1) is 12.1 Å². The third-order valence-corrected chi connectivity index (χ3v) is 7.35. The predicted octanol–water partition coefficient (Wildman–Crippen LogP) is 4.73. The van der Waals surface area contributed by atoms with Crippen molar-refractivity contribution in [1.82, 2.24) is 9.80 Å². The molecule has 154 valence electrons. The molecule has 0 aromatic heterocycles. The lowest BCUT2D eigenvalue weighted by Crippen LogP contribution is -2.52. The third kappa shape index (κ3) is 4.07. The second-order valence-electron chi connectivity index (χ2n) is 9.28. The largest absolute Gasteiger partial charge is 0.485 e. The van der Waals surface area contributed by atoms with E-state index in [2.05, 4.69) is 18.9 Å². The van der Waals surface area contributed by atoms with Crippen LogP contribution in [0.15, 0.2) is 24.3 Å². The zero-order valence-electron chi connectivity index (χ0n) is 17.7. The molecule has 1 aliphatic heterocycles. The second-order valence-corrected chi connectivity index (χ2v) is 9.28. The van der Waals surface area contributed by atoms with Crippen molar-refractivity contribution < 1.29 is 9.53 Å². The first-order valence-electron chi connectivity index (χ1n) is 11.4. The van der Waals surface area contributed by atoms with Crippen LogP contribution < -0.4 is 4.74 Å². The van der Waals surface area contributed by atoms with E-state index in [1.165, 1.54) is 38.6 Å². The first kappa shape index (κ1) is 19.8. The number of carbonyl (C=O) groups is 1. The summed E-state index contributed by atoms with van der Waals surface area (Å²) in [5.41, 5.74) is 0.498. The molecule has 1 spiro atoms. The Labute approximate surface area is 170 Å². The molecule has 0 atom stereocenters. The molecule has 0 N–H and O–H groups in total. The topological polar surface area (TPSA) is 32.8 Å². The number of nitrogens with zero attached hydrogens (tertiary/aromatic N) is 2. The van der Waals surface area contributed by atoms with Gasteiger partial charge >= 0.3 is 0 Å². The Hall–Kier alpha value is -1.55. The molecule has 0 bridgehead atoms. The molecule has 1 heterocycles. The van der Waals surface area contributed by atoms with Crippen LogP contribution >= 0.6 is 0 Å². The summed E-state index contributed by atoms with van der Waals surface area (Å²) >= 11 is 0. The molecule has 4 rings (SSSR count). The normalized spacial score (nSPS) is 28.9. The van der Waals surface area contributed by atoms with E-state index in [0.29, 0.717) is 6.04 Å². The van der Waals surface area contributed by atoms with Crippen molar-refractivity contribution in [3.8, 4) is 5.75 Å². The molecular formula is C24H36N2O2. The summed E-state index contributed by atoms with van der Waals surface area (Å²) in [6.45, 7) is 4.78. The molecule has 28 heavy (non-hydrogen) atoms. The number of rotatable bonds is 4. The summed E-state index contributed by atoms with van der Waals surface area (Å²) in [7, 11) is 2.32. The maximum atomic E-state index is 12.9. The lowest BCUT2D eigenvalue weighted by molar-refractivity contribution is -0.0129. The summed E-state index contributed by atoms with van der Waals surface area (Å²) < 4.78 is 6.58. The van der Waals surface area contributed by atoms with Gasteiger partial charge in [-0.1, -0.05) is 31.4 Å². The van der Waals surface area contributed by atoms with Crippen LogP contribution in [0.25, 0.3) is 0 Å². The SMILES string of the molecule is CCN1CC2(CCC(N(C)CC3CCCCC3)CC2)Oc2ccccc2C1=O. The number of likely N-dealkylation sites (N-methyl/N-ethyl adjacent to an activating group) is 1. The zero-order chi connectivity index (χ0) is 19.6. The fourth-order valence-electron chi connectivity index (χ4n) is 5.60. The fraction of sp³-hybridized carbons (Fsp3) is 0.708. The van der Waals surface area contributed by atoms with Crippen LogP contribution in [0.1, 0.15) is 75.1 Å². The lowest BCUT2D eigenvalue weighted by Gasteiger charge is -2.44. The van der Waals surface area contributed by atoms with E-state index >= 15 is 0 Å². The zero-order valence-corrected chi connectivity index (χ0v) is 17.7. The Morgan fingerprint density at radius 1 is 1.11 bits per heavy atom. The predicted molar refractivity (Wildman–Crippen MR) is 113 cm³/mol. The molecule has 4 nitrogen and oxygen atoms in total. The number of ether oxygens (including phenoxy) is 1. The Morgan fingerprint density at radius 2 is 1.82 bits per heavy atom. The van der Waals surface area contributed by atoms with E-state index in [-0.39, 0.29) is 11.5 Å². The highest BCUT2D eigenvalue weighted by atomic mass is 16.5. The molecule has 2 fully saturated rings. The highest BCUT2D eigenvalue weighted by Gasteiger charge is 2.43. The van der Waals surface area contributed by atoms with Crippen molar-refractivity contribution >= 4 is 5.91 Å². The van der Waals surface area contributed by atoms with E-state index in [9.17, 15) is 4.79 Å². The highest BCUT2D eigenvalue weighted by molar-refractivity contribution is 5.97. The van der Waals surface area contributed by atoms with Gasteiger partial charge < -0.3 is 14.5 Å². The molecule has 3 aliphatic rings. The number of amides is 1. The molecule has 1 aromatic rings. The molecule has 4 heteroatoms. The van der Waals surface area contributed by atoms with E-state index in [1.54, 1.807) is 0 Å². The smallest absolute Gasteiger partial charge is 0.257 e. The Balaban J connectivity index is 1.43. The van der Waals surface area contributed by atoms with Crippen molar-refractivity contribution in [1.29, 1.82) is 0 Å². The number of hydrogen-bond acceptors (Lipinski definition) is 3. The van der Waals surface area contributed by atoms with E-state index in [1.807, 2.05) is 29.2 Å². The lowest BCUT2D eigenvalue weighted by atomic mass is 9.80. The summed E-state index contributed by atoms with van der Waals surface area (Å²) in [5, 5.41) is 0. The standard InChI is InChI=1S/C24H36N2O2/c1-3-26-18-24(28-22-12-8-7-11-21(22)23(26)27)15-13-20(14-16-24)25(2)17-19-9-5-4-6-10-19/h7-8,11-12,19-20H,3-6,9-10,13-18H2,1-2H3. The van der Waals surface area contributed by atoms with Gasteiger partial charge in [0.15, 0.2) is 0 Å². The third-order valence-electron chi connectivity index (χ3n) is 7.35. The van der Waals surface area contributed by atoms with Gasteiger partial charge in [-0.15, -0.1) is 0 Å². The minimum Gasteiger partial charge on any atom is -0.485 e. The number of benzene rings is 1. The van der Waals surface area contributed by atoms with E-state index < -0.39 is 0 Å². The Kier molecular flexibility index (Phi) is 5.96.